The second-order valence-corrected chi connectivity index (χ2v) is 8.56. The molecule has 7 heteroatoms. The predicted octanol–water partition coefficient (Wildman–Crippen LogP) is 5.58. The van der Waals surface area contributed by atoms with Crippen LogP contribution < -0.4 is 10.6 Å². The number of amides is 2. The second kappa shape index (κ2) is 10.7. The molecule has 2 heterocycles. The number of para-hydroxylation sites is 1. The van der Waals surface area contributed by atoms with E-state index in [0.29, 0.717) is 12.8 Å². The van der Waals surface area contributed by atoms with Gasteiger partial charge in [-0.15, -0.1) is 0 Å². The van der Waals surface area contributed by atoms with E-state index in [4.69, 9.17) is 4.74 Å². The molecule has 2 aliphatic rings. The molecule has 0 saturated heterocycles. The summed E-state index contributed by atoms with van der Waals surface area (Å²) in [4.78, 5) is 29.6. The summed E-state index contributed by atoms with van der Waals surface area (Å²) in [5, 5.41) is 5.88. The van der Waals surface area contributed by atoms with Gasteiger partial charge in [-0.2, -0.15) is 0 Å². The lowest BCUT2D eigenvalue weighted by atomic mass is 10.0. The molecule has 1 atom stereocenters. The Morgan fingerprint density at radius 3 is 2.44 bits per heavy atom. The first-order valence-electron chi connectivity index (χ1n) is 11.7. The molecule has 7 nitrogen and oxygen atoms in total. The number of carbonyl (C=O) groups excluding carboxylic acids is 2. The molecule has 0 radical (unpaired) electrons. The number of hydrogen-bond acceptors (Lipinski definition) is 4. The van der Waals surface area contributed by atoms with Crippen LogP contribution in [-0.2, 0) is 16.0 Å². The molecule has 1 saturated carbocycles. The van der Waals surface area contributed by atoms with E-state index in [1.807, 2.05) is 50.6 Å². The Balaban J connectivity index is 0.00000173. The molecule has 2 N–H and O–H groups in total. The van der Waals surface area contributed by atoms with Crippen molar-refractivity contribution in [3.63, 3.8) is 0 Å². The number of rotatable bonds is 3. The molecule has 1 aliphatic carbocycles. The van der Waals surface area contributed by atoms with Crippen LogP contribution in [0.25, 0.3) is 5.69 Å². The molecule has 180 valence electrons. The number of aryl methyl sites for hydroxylation is 1. The van der Waals surface area contributed by atoms with E-state index in [1.54, 1.807) is 27.0 Å². The van der Waals surface area contributed by atoms with Crippen LogP contribution in [-0.4, -0.2) is 32.7 Å². The van der Waals surface area contributed by atoms with Crippen molar-refractivity contribution in [3.8, 4) is 5.69 Å². The van der Waals surface area contributed by atoms with Crippen LogP contribution in [0.15, 0.2) is 36.7 Å². The fourth-order valence-electron chi connectivity index (χ4n) is 3.63. The summed E-state index contributed by atoms with van der Waals surface area (Å²) in [6, 6.07) is 7.99. The first-order chi connectivity index (χ1) is 15.3. The SMILES string of the molecule is CC.CC.CC(C)(C)OC(=O)NC1(C(=O)NC2CCc3ccccc3-n3ccnc32)CC1.[HH].[HH]. The summed E-state index contributed by atoms with van der Waals surface area (Å²) < 4.78 is 7.35. The van der Waals surface area contributed by atoms with Crippen LogP contribution in [0, 0.1) is 0 Å². The highest BCUT2D eigenvalue weighted by atomic mass is 16.6. The largest absolute Gasteiger partial charge is 0.444 e. The number of ether oxygens (including phenoxy) is 1. The van der Waals surface area contributed by atoms with Gasteiger partial charge in [-0.05, 0) is 58.1 Å². The lowest BCUT2D eigenvalue weighted by Gasteiger charge is -2.24. The van der Waals surface area contributed by atoms with Crippen molar-refractivity contribution in [1.82, 2.24) is 20.2 Å². The molecule has 1 unspecified atom stereocenters. The number of nitrogens with one attached hydrogen (secondary N) is 2. The maximum atomic E-state index is 13.0. The van der Waals surface area contributed by atoms with E-state index >= 15 is 0 Å². The van der Waals surface area contributed by atoms with Crippen LogP contribution in [0.3, 0.4) is 0 Å². The molecule has 0 spiro atoms. The number of carbonyl (C=O) groups is 2. The Morgan fingerprint density at radius 2 is 1.81 bits per heavy atom. The third-order valence-electron chi connectivity index (χ3n) is 5.16. The van der Waals surface area contributed by atoms with Crippen molar-refractivity contribution in [2.75, 3.05) is 0 Å². The van der Waals surface area contributed by atoms with E-state index in [9.17, 15) is 9.59 Å². The highest BCUT2D eigenvalue weighted by Gasteiger charge is 2.52. The zero-order valence-electron chi connectivity index (χ0n) is 20.5. The molecule has 2 aromatic rings. The smallest absolute Gasteiger partial charge is 0.408 e. The summed E-state index contributed by atoms with van der Waals surface area (Å²) in [5.41, 5.74) is 0.846. The number of benzene rings is 1. The topological polar surface area (TPSA) is 85.2 Å². The zero-order chi connectivity index (χ0) is 23.9. The van der Waals surface area contributed by atoms with Crippen LogP contribution in [0.1, 0.15) is 88.0 Å². The van der Waals surface area contributed by atoms with Gasteiger partial charge in [0, 0.05) is 20.9 Å². The minimum absolute atomic E-state index is 0. The van der Waals surface area contributed by atoms with Gasteiger partial charge in [0.1, 0.15) is 17.0 Å². The molecule has 2 amide bonds. The number of imidazole rings is 1. The normalized spacial score (nSPS) is 17.5. The van der Waals surface area contributed by atoms with Gasteiger partial charge in [0.25, 0.3) is 0 Å². The molecule has 1 aromatic carbocycles. The Bertz CT molecular complexity index is 921. The average Bonchev–Trinajstić information content (AvgIpc) is 3.41. The number of alkyl carbamates (subject to hydrolysis) is 1. The number of fused-ring (bicyclic) bond motifs is 3. The third kappa shape index (κ3) is 5.90. The molecule has 1 aliphatic heterocycles. The maximum Gasteiger partial charge on any atom is 0.408 e. The van der Waals surface area contributed by atoms with E-state index < -0.39 is 17.2 Å². The standard InChI is InChI=1S/C21H26N4O3.2C2H6.2H2/c1-20(2,3)28-19(27)24-21(10-11-21)18(26)23-15-9-8-14-6-4-5-7-16(14)25-13-12-22-17(15)25;2*1-2;;/h4-7,12-13,15H,8-11H2,1-3H3,(H,23,26)(H,24,27);2*1-2H3;2*1H. The first kappa shape index (κ1) is 25.4. The molecular weight excluding hydrogens is 404 g/mol. The monoisotopic (exact) mass is 446 g/mol. The number of aromatic nitrogens is 2. The van der Waals surface area contributed by atoms with E-state index in [-0.39, 0.29) is 14.8 Å². The van der Waals surface area contributed by atoms with E-state index in [2.05, 4.69) is 27.8 Å². The summed E-state index contributed by atoms with van der Waals surface area (Å²) in [5.74, 6) is 0.634. The van der Waals surface area contributed by atoms with Crippen molar-refractivity contribution in [3.05, 3.63) is 48.0 Å². The minimum atomic E-state index is -0.876. The molecule has 0 bridgehead atoms. The zero-order valence-corrected chi connectivity index (χ0v) is 20.5. The van der Waals surface area contributed by atoms with Gasteiger partial charge in [0.05, 0.1) is 6.04 Å². The van der Waals surface area contributed by atoms with Crippen molar-refractivity contribution in [1.29, 1.82) is 0 Å². The predicted molar refractivity (Wildman–Crippen MR) is 131 cm³/mol. The lowest BCUT2D eigenvalue weighted by molar-refractivity contribution is -0.125. The summed E-state index contributed by atoms with van der Waals surface area (Å²) in [6.07, 6.45) is 5.93. The first-order valence-corrected chi connectivity index (χ1v) is 11.7. The average molecular weight is 447 g/mol. The summed E-state index contributed by atoms with van der Waals surface area (Å²) >= 11 is 0. The highest BCUT2D eigenvalue weighted by molar-refractivity contribution is 5.93. The molecule has 1 aromatic heterocycles. The van der Waals surface area contributed by atoms with Gasteiger partial charge in [0.15, 0.2) is 0 Å². The van der Waals surface area contributed by atoms with Crippen LogP contribution in [0.2, 0.25) is 0 Å². The second-order valence-electron chi connectivity index (χ2n) is 8.56. The minimum Gasteiger partial charge on any atom is -0.444 e. The Kier molecular flexibility index (Phi) is 8.47. The summed E-state index contributed by atoms with van der Waals surface area (Å²) in [7, 11) is 0. The maximum absolute atomic E-state index is 13.0. The fraction of sp³-hybridized carbons (Fsp3) is 0.560. The Labute approximate surface area is 194 Å². The van der Waals surface area contributed by atoms with Crippen molar-refractivity contribution in [2.24, 2.45) is 0 Å². The van der Waals surface area contributed by atoms with Gasteiger partial charge in [0.2, 0.25) is 5.91 Å². The highest BCUT2D eigenvalue weighted by Crippen LogP contribution is 2.37. The van der Waals surface area contributed by atoms with Crippen LogP contribution in [0.5, 0.6) is 0 Å². The molecule has 4 rings (SSSR count). The quantitative estimate of drug-likeness (QED) is 0.645. The van der Waals surface area contributed by atoms with Crippen molar-refractivity contribution < 1.29 is 17.2 Å². The van der Waals surface area contributed by atoms with Crippen molar-refractivity contribution >= 4 is 12.0 Å². The van der Waals surface area contributed by atoms with Gasteiger partial charge < -0.3 is 19.9 Å². The van der Waals surface area contributed by atoms with Crippen molar-refractivity contribution in [2.45, 2.75) is 91.3 Å². The van der Waals surface area contributed by atoms with E-state index in [0.717, 1.165) is 24.4 Å². The van der Waals surface area contributed by atoms with Crippen LogP contribution in [0.4, 0.5) is 4.79 Å². The van der Waals surface area contributed by atoms with Gasteiger partial charge in [-0.25, -0.2) is 9.78 Å². The Hall–Kier alpha value is -2.83. The van der Waals surface area contributed by atoms with Gasteiger partial charge in [-0.1, -0.05) is 45.9 Å². The Morgan fingerprint density at radius 1 is 1.16 bits per heavy atom. The fourth-order valence-corrected chi connectivity index (χ4v) is 3.63. The van der Waals surface area contributed by atoms with Crippen LogP contribution >= 0.6 is 0 Å². The summed E-state index contributed by atoms with van der Waals surface area (Å²) in [6.45, 7) is 13.4. The lowest BCUT2D eigenvalue weighted by Crippen LogP contribution is -2.51. The van der Waals surface area contributed by atoms with Gasteiger partial charge in [-0.3, -0.25) is 4.79 Å². The molecule has 1 fully saturated rings. The molecular formula is C25H42N4O3. The van der Waals surface area contributed by atoms with Gasteiger partial charge >= 0.3 is 6.09 Å². The third-order valence-corrected chi connectivity index (χ3v) is 5.16. The van der Waals surface area contributed by atoms with E-state index in [1.165, 1.54) is 5.56 Å². The molecule has 32 heavy (non-hydrogen) atoms. The number of nitrogens with zero attached hydrogens (tertiary/aromatic N) is 2. The number of hydrogen-bond donors (Lipinski definition) is 2.